The van der Waals surface area contributed by atoms with Crippen LogP contribution in [0.1, 0.15) is 25.0 Å². The maximum Gasteiger partial charge on any atom is 0.0988 e. The average molecular weight is 300 g/mol. The summed E-state index contributed by atoms with van der Waals surface area (Å²) >= 11 is 3.55. The van der Waals surface area contributed by atoms with Crippen LogP contribution in [0.15, 0.2) is 28.7 Å². The van der Waals surface area contributed by atoms with Crippen molar-refractivity contribution in [3.63, 3.8) is 0 Å². The van der Waals surface area contributed by atoms with Gasteiger partial charge in [-0.25, -0.2) is 0 Å². The van der Waals surface area contributed by atoms with E-state index < -0.39 is 0 Å². The summed E-state index contributed by atoms with van der Waals surface area (Å²) < 4.78 is 12.4. The van der Waals surface area contributed by atoms with Gasteiger partial charge in [-0.1, -0.05) is 34.1 Å². The average Bonchev–Trinajstić information content (AvgIpc) is 2.79. The van der Waals surface area contributed by atoms with Gasteiger partial charge in [-0.15, -0.1) is 0 Å². The first-order chi connectivity index (χ1) is 8.18. The number of halogens is 1. The van der Waals surface area contributed by atoms with Crippen LogP contribution in [0.2, 0.25) is 0 Å². The second-order valence-electron chi connectivity index (χ2n) is 4.42. The van der Waals surface area contributed by atoms with Crippen LogP contribution < -0.4 is 5.73 Å². The van der Waals surface area contributed by atoms with Crippen LogP contribution in [0.3, 0.4) is 0 Å². The molecule has 4 heteroatoms. The monoisotopic (exact) mass is 299 g/mol. The SMILES string of the molecule is CC(N)C(OC1CCOC1)c1ccccc1Br. The first-order valence-electron chi connectivity index (χ1n) is 5.91. The highest BCUT2D eigenvalue weighted by atomic mass is 79.9. The Bertz CT molecular complexity index is 364. The Kier molecular flexibility index (Phi) is 4.56. The third-order valence-corrected chi connectivity index (χ3v) is 3.64. The van der Waals surface area contributed by atoms with E-state index in [4.69, 9.17) is 15.2 Å². The largest absolute Gasteiger partial charge is 0.379 e. The number of rotatable bonds is 4. The molecule has 17 heavy (non-hydrogen) atoms. The Hall–Kier alpha value is -0.420. The molecule has 94 valence electrons. The third-order valence-electron chi connectivity index (χ3n) is 2.92. The lowest BCUT2D eigenvalue weighted by Crippen LogP contribution is -2.30. The van der Waals surface area contributed by atoms with Crippen molar-refractivity contribution in [1.82, 2.24) is 0 Å². The molecule has 0 saturated carbocycles. The van der Waals surface area contributed by atoms with E-state index in [1.165, 1.54) is 0 Å². The predicted octanol–water partition coefficient (Wildman–Crippen LogP) is 2.64. The molecular formula is C13H18BrNO2. The van der Waals surface area contributed by atoms with Gasteiger partial charge in [0.25, 0.3) is 0 Å². The summed E-state index contributed by atoms with van der Waals surface area (Å²) in [7, 11) is 0. The number of hydrogen-bond acceptors (Lipinski definition) is 3. The molecular weight excluding hydrogens is 282 g/mol. The van der Waals surface area contributed by atoms with Gasteiger partial charge in [-0.2, -0.15) is 0 Å². The Morgan fingerprint density at radius 1 is 1.47 bits per heavy atom. The van der Waals surface area contributed by atoms with Gasteiger partial charge in [0.1, 0.15) is 0 Å². The molecule has 1 aliphatic rings. The van der Waals surface area contributed by atoms with Gasteiger partial charge >= 0.3 is 0 Å². The molecule has 1 fully saturated rings. The van der Waals surface area contributed by atoms with E-state index in [0.717, 1.165) is 23.1 Å². The molecule has 0 amide bonds. The summed E-state index contributed by atoms with van der Waals surface area (Å²) in [6, 6.07) is 8.01. The minimum absolute atomic E-state index is 0.0469. The fraction of sp³-hybridized carbons (Fsp3) is 0.538. The second kappa shape index (κ2) is 5.96. The summed E-state index contributed by atoms with van der Waals surface area (Å²) in [5.74, 6) is 0. The zero-order chi connectivity index (χ0) is 12.3. The Morgan fingerprint density at radius 3 is 2.82 bits per heavy atom. The molecule has 0 spiro atoms. The quantitative estimate of drug-likeness (QED) is 0.929. The van der Waals surface area contributed by atoms with Crippen LogP contribution >= 0.6 is 15.9 Å². The van der Waals surface area contributed by atoms with Crippen LogP contribution in [0, 0.1) is 0 Å². The van der Waals surface area contributed by atoms with Gasteiger partial charge in [-0.05, 0) is 25.0 Å². The fourth-order valence-electron chi connectivity index (χ4n) is 2.01. The summed E-state index contributed by atoms with van der Waals surface area (Å²) in [5, 5.41) is 0. The summed E-state index contributed by atoms with van der Waals surface area (Å²) in [5.41, 5.74) is 7.13. The molecule has 2 N–H and O–H groups in total. The first kappa shape index (κ1) is 13.0. The molecule has 1 aromatic carbocycles. The van der Waals surface area contributed by atoms with E-state index in [1.54, 1.807) is 0 Å². The van der Waals surface area contributed by atoms with Crippen molar-refractivity contribution in [1.29, 1.82) is 0 Å². The topological polar surface area (TPSA) is 44.5 Å². The van der Waals surface area contributed by atoms with E-state index in [-0.39, 0.29) is 18.2 Å². The van der Waals surface area contributed by atoms with E-state index in [1.807, 2.05) is 31.2 Å². The molecule has 3 nitrogen and oxygen atoms in total. The van der Waals surface area contributed by atoms with Gasteiger partial charge < -0.3 is 15.2 Å². The van der Waals surface area contributed by atoms with Crippen molar-refractivity contribution in [2.45, 2.75) is 31.6 Å². The highest BCUT2D eigenvalue weighted by Gasteiger charge is 2.25. The van der Waals surface area contributed by atoms with E-state index in [9.17, 15) is 0 Å². The first-order valence-corrected chi connectivity index (χ1v) is 6.71. The second-order valence-corrected chi connectivity index (χ2v) is 5.28. The molecule has 3 atom stereocenters. The predicted molar refractivity (Wildman–Crippen MR) is 70.8 cm³/mol. The lowest BCUT2D eigenvalue weighted by Gasteiger charge is -2.25. The molecule has 0 radical (unpaired) electrons. The van der Waals surface area contributed by atoms with E-state index >= 15 is 0 Å². The molecule has 1 saturated heterocycles. The van der Waals surface area contributed by atoms with Crippen LogP contribution in [0.4, 0.5) is 0 Å². The molecule has 3 unspecified atom stereocenters. The number of hydrogen-bond donors (Lipinski definition) is 1. The maximum atomic E-state index is 6.06. The van der Waals surface area contributed by atoms with Crippen LogP contribution in [0.25, 0.3) is 0 Å². The van der Waals surface area contributed by atoms with Crippen molar-refractivity contribution >= 4 is 15.9 Å². The van der Waals surface area contributed by atoms with Gasteiger partial charge in [0.2, 0.25) is 0 Å². The Morgan fingerprint density at radius 2 is 2.24 bits per heavy atom. The number of nitrogens with two attached hydrogens (primary N) is 1. The van der Waals surface area contributed by atoms with Crippen LogP contribution in [-0.4, -0.2) is 25.4 Å². The standard InChI is InChI=1S/C13H18BrNO2/c1-9(15)13(17-10-6-7-16-8-10)11-4-2-3-5-12(11)14/h2-5,9-10,13H,6-8,15H2,1H3. The normalized spacial score (nSPS) is 23.6. The van der Waals surface area contributed by atoms with Crippen molar-refractivity contribution in [3.05, 3.63) is 34.3 Å². The minimum atomic E-state index is -0.0859. The lowest BCUT2D eigenvalue weighted by atomic mass is 10.0. The van der Waals surface area contributed by atoms with Gasteiger partial charge in [0.05, 0.1) is 18.8 Å². The van der Waals surface area contributed by atoms with Crippen molar-refractivity contribution < 1.29 is 9.47 Å². The van der Waals surface area contributed by atoms with Crippen molar-refractivity contribution in [3.8, 4) is 0 Å². The summed E-state index contributed by atoms with van der Waals surface area (Å²) in [4.78, 5) is 0. The summed E-state index contributed by atoms with van der Waals surface area (Å²) in [6.07, 6.45) is 1.03. The minimum Gasteiger partial charge on any atom is -0.379 e. The molecule has 2 rings (SSSR count). The van der Waals surface area contributed by atoms with Crippen LogP contribution in [0.5, 0.6) is 0 Å². The van der Waals surface area contributed by atoms with Gasteiger partial charge in [0, 0.05) is 17.1 Å². The van der Waals surface area contributed by atoms with Gasteiger partial charge in [-0.3, -0.25) is 0 Å². The lowest BCUT2D eigenvalue weighted by molar-refractivity contribution is -0.0272. The van der Waals surface area contributed by atoms with Crippen LogP contribution in [-0.2, 0) is 9.47 Å². The Balaban J connectivity index is 2.14. The maximum absolute atomic E-state index is 6.06. The molecule has 1 aliphatic heterocycles. The zero-order valence-electron chi connectivity index (χ0n) is 9.93. The smallest absolute Gasteiger partial charge is 0.0988 e. The van der Waals surface area contributed by atoms with E-state index in [2.05, 4.69) is 15.9 Å². The number of benzene rings is 1. The van der Waals surface area contributed by atoms with E-state index in [0.29, 0.717) is 6.61 Å². The van der Waals surface area contributed by atoms with Gasteiger partial charge in [0.15, 0.2) is 0 Å². The highest BCUT2D eigenvalue weighted by molar-refractivity contribution is 9.10. The number of ether oxygens (including phenoxy) is 2. The molecule has 0 aliphatic carbocycles. The molecule has 1 heterocycles. The molecule has 1 aromatic rings. The van der Waals surface area contributed by atoms with Crippen molar-refractivity contribution in [2.24, 2.45) is 5.73 Å². The third kappa shape index (κ3) is 3.28. The Labute approximate surface area is 110 Å². The zero-order valence-corrected chi connectivity index (χ0v) is 11.5. The molecule has 0 bridgehead atoms. The molecule has 0 aromatic heterocycles. The fourth-order valence-corrected chi connectivity index (χ4v) is 2.52. The van der Waals surface area contributed by atoms with Crippen molar-refractivity contribution in [2.75, 3.05) is 13.2 Å². The summed E-state index contributed by atoms with van der Waals surface area (Å²) in [6.45, 7) is 3.43. The highest BCUT2D eigenvalue weighted by Crippen LogP contribution is 2.30.